The third kappa shape index (κ3) is 2.12. The molecule has 0 aliphatic heterocycles. The maximum Gasteiger partial charge on any atom is 0.147 e. The fraction of sp³-hybridized carbons (Fsp3) is 0.417. The normalized spacial score (nSPS) is 19.0. The van der Waals surface area contributed by atoms with E-state index in [-0.39, 0.29) is 22.0 Å². The van der Waals surface area contributed by atoms with Crippen molar-refractivity contribution in [1.82, 2.24) is 9.97 Å². The maximum atomic E-state index is 11.4. The number of aromatic nitrogens is 2. The van der Waals surface area contributed by atoms with Crippen LogP contribution in [0.2, 0.25) is 0 Å². The fourth-order valence-corrected chi connectivity index (χ4v) is 4.90. The molecule has 2 aromatic carbocycles. The highest BCUT2D eigenvalue weighted by molar-refractivity contribution is 6.40. The highest BCUT2D eigenvalue weighted by atomic mass is 16.3. The number of aryl methyl sites for hydroxylation is 1. The molecule has 0 saturated heterocycles. The van der Waals surface area contributed by atoms with Crippen LogP contribution < -0.4 is 5.46 Å². The molecule has 28 heavy (non-hydrogen) atoms. The van der Waals surface area contributed by atoms with Crippen molar-refractivity contribution in [3.8, 4) is 17.0 Å². The maximum absolute atomic E-state index is 11.4. The van der Waals surface area contributed by atoms with Crippen molar-refractivity contribution in [3.63, 3.8) is 0 Å². The van der Waals surface area contributed by atoms with Gasteiger partial charge in [-0.3, -0.25) is 0 Å². The van der Waals surface area contributed by atoms with Crippen molar-refractivity contribution in [2.24, 2.45) is 5.41 Å². The first-order valence-electron chi connectivity index (χ1n) is 9.82. The highest BCUT2D eigenvalue weighted by Crippen LogP contribution is 2.63. The highest BCUT2D eigenvalue weighted by Gasteiger charge is 2.59. The lowest BCUT2D eigenvalue weighted by molar-refractivity contribution is 0.124. The van der Waals surface area contributed by atoms with Crippen LogP contribution in [0.3, 0.4) is 0 Å². The number of rotatable bonds is 1. The van der Waals surface area contributed by atoms with E-state index >= 15 is 0 Å². The van der Waals surface area contributed by atoms with Crippen LogP contribution in [0.15, 0.2) is 30.3 Å². The van der Waals surface area contributed by atoms with E-state index in [0.29, 0.717) is 16.5 Å². The van der Waals surface area contributed by atoms with Crippen LogP contribution in [-0.2, 0) is 10.8 Å². The third-order valence-electron chi connectivity index (χ3n) is 7.73. The van der Waals surface area contributed by atoms with Crippen LogP contribution in [0.4, 0.5) is 0 Å². The second kappa shape index (κ2) is 5.59. The summed E-state index contributed by atoms with van der Waals surface area (Å²) in [4.78, 5) is 9.65. The number of phenolic OH excluding ortho intramolecular Hbond substituents is 1. The quantitative estimate of drug-likeness (QED) is 0.632. The number of benzene rings is 2. The Bertz CT molecular complexity index is 1110. The van der Waals surface area contributed by atoms with E-state index in [9.17, 15) is 5.11 Å². The zero-order chi connectivity index (χ0) is 20.6. The Morgan fingerprint density at radius 1 is 0.821 bits per heavy atom. The van der Waals surface area contributed by atoms with Gasteiger partial charge in [0.1, 0.15) is 19.1 Å². The van der Waals surface area contributed by atoms with Crippen LogP contribution in [0.25, 0.3) is 22.3 Å². The van der Waals surface area contributed by atoms with Gasteiger partial charge >= 0.3 is 0 Å². The largest absolute Gasteiger partial charge is 0.505 e. The molecule has 1 aliphatic rings. The second-order valence-electron chi connectivity index (χ2n) is 9.61. The Balaban J connectivity index is 2.14. The van der Waals surface area contributed by atoms with E-state index < -0.39 is 0 Å². The van der Waals surface area contributed by atoms with Gasteiger partial charge in [0.2, 0.25) is 0 Å². The first-order valence-corrected chi connectivity index (χ1v) is 9.82. The van der Waals surface area contributed by atoms with E-state index in [2.05, 4.69) is 41.5 Å². The van der Waals surface area contributed by atoms with Crippen LogP contribution in [0.5, 0.6) is 5.75 Å². The summed E-state index contributed by atoms with van der Waals surface area (Å²) in [5.74, 6) is 0.215. The molecule has 142 valence electrons. The lowest BCUT2D eigenvalue weighted by atomic mass is 9.59. The average Bonchev–Trinajstić information content (AvgIpc) is 2.74. The van der Waals surface area contributed by atoms with Gasteiger partial charge < -0.3 is 5.11 Å². The summed E-state index contributed by atoms with van der Waals surface area (Å²) in [6.45, 7) is 15.2. The molecule has 0 fully saturated rings. The van der Waals surface area contributed by atoms with Gasteiger partial charge in [0.25, 0.3) is 0 Å². The predicted octanol–water partition coefficient (Wildman–Crippen LogP) is 4.70. The standard InChI is InChI=1S/C24H27BN2O/c1-13-18(14-11-9-8-10-12-14)27-20-19(26-13)17(25)15-16(21(20)28)23(4,5)24(6,7)22(15,2)3/h8-12,28H,1-7H3. The first-order chi connectivity index (χ1) is 12.9. The number of aromatic hydroxyl groups is 1. The van der Waals surface area contributed by atoms with Crippen molar-refractivity contribution < 1.29 is 5.11 Å². The number of phenols is 1. The molecule has 0 bridgehead atoms. The molecule has 1 aliphatic carbocycles. The summed E-state index contributed by atoms with van der Waals surface area (Å²) in [6, 6.07) is 9.94. The predicted molar refractivity (Wildman–Crippen MR) is 117 cm³/mol. The number of hydrogen-bond acceptors (Lipinski definition) is 3. The SMILES string of the molecule is [B]c1c2c(c(O)c3nc(-c4ccccc4)c(C)nc13)C(C)(C)C(C)(C)C2(C)C. The van der Waals surface area contributed by atoms with Crippen molar-refractivity contribution in [1.29, 1.82) is 0 Å². The number of hydrogen-bond donors (Lipinski definition) is 1. The minimum absolute atomic E-state index is 0.109. The molecular weight excluding hydrogens is 343 g/mol. The molecular formula is C24H27BN2O. The Kier molecular flexibility index (Phi) is 3.79. The van der Waals surface area contributed by atoms with E-state index in [1.54, 1.807) is 0 Å². The van der Waals surface area contributed by atoms with Crippen molar-refractivity contribution >= 4 is 24.3 Å². The third-order valence-corrected chi connectivity index (χ3v) is 7.73. The van der Waals surface area contributed by atoms with Gasteiger partial charge in [0.15, 0.2) is 0 Å². The average molecular weight is 370 g/mol. The topological polar surface area (TPSA) is 46.0 Å². The van der Waals surface area contributed by atoms with Crippen LogP contribution in [0.1, 0.15) is 58.4 Å². The van der Waals surface area contributed by atoms with E-state index in [1.165, 1.54) is 0 Å². The molecule has 0 spiro atoms. The molecule has 1 aromatic heterocycles. The first kappa shape index (κ1) is 19.0. The molecule has 4 heteroatoms. The second-order valence-corrected chi connectivity index (χ2v) is 9.61. The smallest absolute Gasteiger partial charge is 0.147 e. The van der Waals surface area contributed by atoms with Gasteiger partial charge in [0, 0.05) is 11.1 Å². The van der Waals surface area contributed by atoms with E-state index in [0.717, 1.165) is 28.1 Å². The molecule has 0 atom stereocenters. The van der Waals surface area contributed by atoms with Gasteiger partial charge in [-0.25, -0.2) is 9.97 Å². The van der Waals surface area contributed by atoms with Crippen LogP contribution >= 0.6 is 0 Å². The Hall–Kier alpha value is -2.36. The van der Waals surface area contributed by atoms with Crippen molar-refractivity contribution in [3.05, 3.63) is 47.2 Å². The van der Waals surface area contributed by atoms with Gasteiger partial charge in [0.05, 0.1) is 16.9 Å². The number of fused-ring (bicyclic) bond motifs is 2. The summed E-state index contributed by atoms with van der Waals surface area (Å²) >= 11 is 0. The molecule has 3 nitrogen and oxygen atoms in total. The summed E-state index contributed by atoms with van der Waals surface area (Å²) in [5, 5.41) is 11.4. The molecule has 0 amide bonds. The van der Waals surface area contributed by atoms with E-state index in [1.807, 2.05) is 37.3 Å². The van der Waals surface area contributed by atoms with Crippen LogP contribution in [-0.4, -0.2) is 22.9 Å². The summed E-state index contributed by atoms with van der Waals surface area (Å²) in [7, 11) is 6.70. The van der Waals surface area contributed by atoms with Crippen molar-refractivity contribution in [2.45, 2.75) is 59.3 Å². The van der Waals surface area contributed by atoms with Gasteiger partial charge in [-0.05, 0) is 28.7 Å². The van der Waals surface area contributed by atoms with Gasteiger partial charge in [-0.15, -0.1) is 0 Å². The van der Waals surface area contributed by atoms with Gasteiger partial charge in [-0.2, -0.15) is 0 Å². The monoisotopic (exact) mass is 370 g/mol. The Morgan fingerprint density at radius 2 is 1.39 bits per heavy atom. The van der Waals surface area contributed by atoms with Crippen LogP contribution in [0, 0.1) is 12.3 Å². The summed E-state index contributed by atoms with van der Waals surface area (Å²) in [5.41, 5.74) is 5.61. The van der Waals surface area contributed by atoms with E-state index in [4.69, 9.17) is 17.8 Å². The minimum Gasteiger partial charge on any atom is -0.505 e. The Morgan fingerprint density at radius 3 is 2.00 bits per heavy atom. The Labute approximate surface area is 168 Å². The minimum atomic E-state index is -0.266. The summed E-state index contributed by atoms with van der Waals surface area (Å²) in [6.07, 6.45) is 0. The lowest BCUT2D eigenvalue weighted by Crippen LogP contribution is -2.43. The lowest BCUT2D eigenvalue weighted by Gasteiger charge is -2.44. The molecule has 1 heterocycles. The molecule has 3 aromatic rings. The summed E-state index contributed by atoms with van der Waals surface area (Å²) < 4.78 is 0. The number of nitrogens with zero attached hydrogens (tertiary/aromatic N) is 2. The zero-order valence-electron chi connectivity index (χ0n) is 17.8. The van der Waals surface area contributed by atoms with Gasteiger partial charge in [-0.1, -0.05) is 77.3 Å². The van der Waals surface area contributed by atoms with Crippen molar-refractivity contribution in [2.75, 3.05) is 0 Å². The zero-order valence-corrected chi connectivity index (χ0v) is 17.8. The molecule has 4 rings (SSSR count). The molecule has 0 saturated carbocycles. The molecule has 1 N–H and O–H groups in total. The molecule has 0 unspecified atom stereocenters. The molecule has 2 radical (unpaired) electrons. The fourth-order valence-electron chi connectivity index (χ4n) is 4.90.